The van der Waals surface area contributed by atoms with Crippen LogP contribution in [0, 0.1) is 12.7 Å². The van der Waals surface area contributed by atoms with Crippen LogP contribution in [0.5, 0.6) is 0 Å². The summed E-state index contributed by atoms with van der Waals surface area (Å²) < 4.78 is 16.0. The molecule has 0 bridgehead atoms. The van der Waals surface area contributed by atoms with Crippen molar-refractivity contribution in [1.82, 2.24) is 25.1 Å². The lowest BCUT2D eigenvalue weighted by Gasteiger charge is -2.11. The van der Waals surface area contributed by atoms with Gasteiger partial charge in [0.1, 0.15) is 12.4 Å². The SMILES string of the molecule is CCNC(=O)Cn1cc(Nc2ncc(C)c(-c3ccc(C(C)C)c(F)c3)n2)cn1. The molecule has 3 rings (SSSR count). The molecule has 1 aromatic carbocycles. The molecule has 2 N–H and O–H groups in total. The third-order valence-corrected chi connectivity index (χ3v) is 4.44. The molecule has 3 aromatic rings. The number of hydrogen-bond donors (Lipinski definition) is 2. The molecule has 0 fully saturated rings. The molecule has 2 aromatic heterocycles. The van der Waals surface area contributed by atoms with E-state index in [1.165, 1.54) is 10.7 Å². The summed E-state index contributed by atoms with van der Waals surface area (Å²) in [6.45, 7) is 8.38. The van der Waals surface area contributed by atoms with Crippen LogP contribution >= 0.6 is 0 Å². The zero-order valence-electron chi connectivity index (χ0n) is 17.0. The average Bonchev–Trinajstić information content (AvgIpc) is 3.09. The van der Waals surface area contributed by atoms with E-state index >= 15 is 0 Å². The molecule has 8 heteroatoms. The zero-order valence-corrected chi connectivity index (χ0v) is 17.0. The van der Waals surface area contributed by atoms with Crippen molar-refractivity contribution in [2.75, 3.05) is 11.9 Å². The number of anilines is 2. The van der Waals surface area contributed by atoms with E-state index in [2.05, 4.69) is 25.7 Å². The summed E-state index contributed by atoms with van der Waals surface area (Å²) in [7, 11) is 0. The number of hydrogen-bond acceptors (Lipinski definition) is 5. The number of carbonyl (C=O) groups is 1. The van der Waals surface area contributed by atoms with E-state index in [1.807, 2.05) is 33.8 Å². The number of likely N-dealkylation sites (N-methyl/N-ethyl adjacent to an activating group) is 1. The highest BCUT2D eigenvalue weighted by atomic mass is 19.1. The highest BCUT2D eigenvalue weighted by molar-refractivity contribution is 5.75. The van der Waals surface area contributed by atoms with Crippen molar-refractivity contribution >= 4 is 17.5 Å². The fourth-order valence-electron chi connectivity index (χ4n) is 2.98. The first-order valence-electron chi connectivity index (χ1n) is 9.57. The minimum absolute atomic E-state index is 0.108. The summed E-state index contributed by atoms with van der Waals surface area (Å²) in [5.74, 6) is 0.139. The molecule has 2 heterocycles. The molecule has 29 heavy (non-hydrogen) atoms. The third-order valence-electron chi connectivity index (χ3n) is 4.44. The molecule has 7 nitrogen and oxygen atoms in total. The van der Waals surface area contributed by atoms with E-state index in [-0.39, 0.29) is 24.2 Å². The van der Waals surface area contributed by atoms with Gasteiger partial charge in [-0.15, -0.1) is 0 Å². The van der Waals surface area contributed by atoms with Crippen LogP contribution in [0.2, 0.25) is 0 Å². The maximum absolute atomic E-state index is 14.4. The van der Waals surface area contributed by atoms with Crippen molar-refractivity contribution in [2.45, 2.75) is 40.2 Å². The standard InChI is InChI=1S/C21H25FN6O/c1-5-23-19(29)12-28-11-16(10-25-28)26-21-24-9-14(4)20(27-21)15-6-7-17(13(2)3)18(22)8-15/h6-11,13H,5,12H2,1-4H3,(H,23,29)(H,24,26,27). The van der Waals surface area contributed by atoms with E-state index in [4.69, 9.17) is 0 Å². The number of nitrogens with one attached hydrogen (secondary N) is 2. The van der Waals surface area contributed by atoms with Crippen molar-refractivity contribution in [3.8, 4) is 11.3 Å². The van der Waals surface area contributed by atoms with E-state index in [0.29, 0.717) is 35.0 Å². The Labute approximate surface area is 169 Å². The molecular weight excluding hydrogens is 371 g/mol. The van der Waals surface area contributed by atoms with Gasteiger partial charge >= 0.3 is 0 Å². The molecule has 0 atom stereocenters. The average molecular weight is 396 g/mol. The Morgan fingerprint density at radius 3 is 2.76 bits per heavy atom. The van der Waals surface area contributed by atoms with Crippen LogP contribution in [0.15, 0.2) is 36.8 Å². The molecule has 0 unspecified atom stereocenters. The van der Waals surface area contributed by atoms with Crippen molar-refractivity contribution in [2.24, 2.45) is 0 Å². The van der Waals surface area contributed by atoms with Gasteiger partial charge in [-0.2, -0.15) is 5.10 Å². The summed E-state index contributed by atoms with van der Waals surface area (Å²) in [6.07, 6.45) is 4.99. The Balaban J connectivity index is 1.80. The second kappa shape index (κ2) is 8.81. The summed E-state index contributed by atoms with van der Waals surface area (Å²) >= 11 is 0. The largest absolute Gasteiger partial charge is 0.355 e. The summed E-state index contributed by atoms with van der Waals surface area (Å²) in [4.78, 5) is 20.5. The summed E-state index contributed by atoms with van der Waals surface area (Å²) in [5.41, 5.74) is 3.54. The van der Waals surface area contributed by atoms with Crippen molar-refractivity contribution in [1.29, 1.82) is 0 Å². The van der Waals surface area contributed by atoms with Gasteiger partial charge in [-0.3, -0.25) is 9.48 Å². The highest BCUT2D eigenvalue weighted by Gasteiger charge is 2.12. The zero-order chi connectivity index (χ0) is 21.0. The second-order valence-electron chi connectivity index (χ2n) is 7.12. The maximum atomic E-state index is 14.4. The molecule has 1 amide bonds. The van der Waals surface area contributed by atoms with Crippen molar-refractivity contribution in [3.63, 3.8) is 0 Å². The van der Waals surface area contributed by atoms with Gasteiger partial charge < -0.3 is 10.6 Å². The van der Waals surface area contributed by atoms with Gasteiger partial charge in [0.15, 0.2) is 0 Å². The normalized spacial score (nSPS) is 11.0. The molecule has 0 spiro atoms. The van der Waals surface area contributed by atoms with Crippen molar-refractivity contribution < 1.29 is 9.18 Å². The first-order valence-corrected chi connectivity index (χ1v) is 9.57. The number of halogens is 1. The lowest BCUT2D eigenvalue weighted by molar-refractivity contribution is -0.121. The smallest absolute Gasteiger partial charge is 0.241 e. The van der Waals surface area contributed by atoms with Crippen LogP contribution in [0.4, 0.5) is 16.0 Å². The Bertz CT molecular complexity index is 1010. The lowest BCUT2D eigenvalue weighted by atomic mass is 9.99. The van der Waals surface area contributed by atoms with Gasteiger partial charge in [-0.25, -0.2) is 14.4 Å². The Morgan fingerprint density at radius 2 is 2.07 bits per heavy atom. The third kappa shape index (κ3) is 4.96. The van der Waals surface area contributed by atoms with Crippen LogP contribution in [0.1, 0.15) is 37.8 Å². The number of rotatable bonds is 7. The second-order valence-corrected chi connectivity index (χ2v) is 7.12. The number of benzene rings is 1. The molecule has 0 saturated heterocycles. The molecule has 0 aliphatic heterocycles. The lowest BCUT2D eigenvalue weighted by Crippen LogP contribution is -2.27. The predicted octanol–water partition coefficient (Wildman–Crippen LogP) is 3.79. The van der Waals surface area contributed by atoms with E-state index in [0.717, 1.165) is 5.56 Å². The highest BCUT2D eigenvalue weighted by Crippen LogP contribution is 2.27. The molecule has 0 saturated carbocycles. The monoisotopic (exact) mass is 396 g/mol. The summed E-state index contributed by atoms with van der Waals surface area (Å²) in [6, 6.07) is 5.19. The van der Waals surface area contributed by atoms with Gasteiger partial charge in [-0.05, 0) is 37.0 Å². The van der Waals surface area contributed by atoms with Crippen molar-refractivity contribution in [3.05, 3.63) is 53.7 Å². The van der Waals surface area contributed by atoms with Gasteiger partial charge in [-0.1, -0.05) is 26.0 Å². The first kappa shape index (κ1) is 20.4. The molecule has 0 aliphatic rings. The number of aromatic nitrogens is 4. The van der Waals surface area contributed by atoms with Gasteiger partial charge in [0, 0.05) is 24.5 Å². The minimum atomic E-state index is -0.239. The fraction of sp³-hybridized carbons (Fsp3) is 0.333. The summed E-state index contributed by atoms with van der Waals surface area (Å²) in [5, 5.41) is 9.96. The Kier molecular flexibility index (Phi) is 6.21. The Hall–Kier alpha value is -3.29. The predicted molar refractivity (Wildman–Crippen MR) is 110 cm³/mol. The van der Waals surface area contributed by atoms with Gasteiger partial charge in [0.05, 0.1) is 17.6 Å². The first-order chi connectivity index (χ1) is 13.9. The number of carbonyl (C=O) groups excluding carboxylic acids is 1. The number of aryl methyl sites for hydroxylation is 1. The van der Waals surface area contributed by atoms with Crippen LogP contribution in [-0.4, -0.2) is 32.2 Å². The molecule has 0 radical (unpaired) electrons. The van der Waals surface area contributed by atoms with Gasteiger partial charge in [0.2, 0.25) is 11.9 Å². The molecule has 0 aliphatic carbocycles. The van der Waals surface area contributed by atoms with Crippen LogP contribution in [0.25, 0.3) is 11.3 Å². The number of nitrogens with zero attached hydrogens (tertiary/aromatic N) is 4. The quantitative estimate of drug-likeness (QED) is 0.635. The van der Waals surface area contributed by atoms with E-state index in [1.54, 1.807) is 24.7 Å². The van der Waals surface area contributed by atoms with E-state index < -0.39 is 0 Å². The van der Waals surface area contributed by atoms with E-state index in [9.17, 15) is 9.18 Å². The fourth-order valence-corrected chi connectivity index (χ4v) is 2.98. The number of amides is 1. The topological polar surface area (TPSA) is 84.7 Å². The van der Waals surface area contributed by atoms with Gasteiger partial charge in [0.25, 0.3) is 0 Å². The van der Waals surface area contributed by atoms with Crippen LogP contribution in [0.3, 0.4) is 0 Å². The molecule has 152 valence electrons. The maximum Gasteiger partial charge on any atom is 0.241 e. The minimum Gasteiger partial charge on any atom is -0.355 e. The van der Waals surface area contributed by atoms with Crippen LogP contribution < -0.4 is 10.6 Å². The Morgan fingerprint density at radius 1 is 1.28 bits per heavy atom. The molecular formula is C21H25FN6O. The van der Waals surface area contributed by atoms with Crippen LogP contribution in [-0.2, 0) is 11.3 Å².